The summed E-state index contributed by atoms with van der Waals surface area (Å²) in [5.41, 5.74) is 9.68. The van der Waals surface area contributed by atoms with Crippen molar-refractivity contribution in [3.05, 3.63) is 164 Å². The number of benzene rings is 7. The Bertz CT molecular complexity index is 3210. The van der Waals surface area contributed by atoms with Gasteiger partial charge in [-0.15, -0.1) is 11.3 Å². The van der Waals surface area contributed by atoms with Crippen LogP contribution >= 0.6 is 11.3 Å². The Morgan fingerprint density at radius 2 is 1.10 bits per heavy atom. The van der Waals surface area contributed by atoms with Crippen LogP contribution in [-0.4, -0.2) is 15.0 Å². The molecule has 0 saturated carbocycles. The van der Waals surface area contributed by atoms with Gasteiger partial charge in [-0.1, -0.05) is 115 Å². The van der Waals surface area contributed by atoms with Gasteiger partial charge in [-0.3, -0.25) is 9.97 Å². The van der Waals surface area contributed by atoms with Gasteiger partial charge in [0.15, 0.2) is 0 Å². The van der Waals surface area contributed by atoms with E-state index in [0.717, 1.165) is 49.7 Å². The average molecular weight is 666 g/mol. The Labute approximate surface area is 297 Å². The van der Waals surface area contributed by atoms with Gasteiger partial charge < -0.3 is 0 Å². The predicted molar refractivity (Wildman–Crippen MR) is 217 cm³/mol. The summed E-state index contributed by atoms with van der Waals surface area (Å²) in [7, 11) is 0. The van der Waals surface area contributed by atoms with Crippen molar-refractivity contribution in [1.29, 1.82) is 0 Å². The van der Waals surface area contributed by atoms with Gasteiger partial charge in [-0.2, -0.15) is 0 Å². The third kappa shape index (κ3) is 4.27. The molecule has 4 heteroatoms. The van der Waals surface area contributed by atoms with E-state index in [2.05, 4.69) is 145 Å². The van der Waals surface area contributed by atoms with Crippen LogP contribution in [-0.2, 0) is 0 Å². The monoisotopic (exact) mass is 665 g/mol. The molecule has 3 nitrogen and oxygen atoms in total. The first kappa shape index (κ1) is 28.4. The molecule has 0 saturated heterocycles. The maximum atomic E-state index is 5.33. The molecular weight excluding hydrogens is 639 g/mol. The number of pyridine rings is 3. The van der Waals surface area contributed by atoms with Crippen molar-refractivity contribution in [3.63, 3.8) is 0 Å². The van der Waals surface area contributed by atoms with Crippen LogP contribution in [0.3, 0.4) is 0 Å². The SMILES string of the molecule is c1cc(-c2ccc(-c3cc4cccnc4c4ncccc34)c3ccccc23)cc(-c2nc3ccccc3c3c2ccc2c4ccccc4sc23)c1. The molecule has 0 bridgehead atoms. The molecule has 0 fully saturated rings. The van der Waals surface area contributed by atoms with E-state index < -0.39 is 0 Å². The van der Waals surface area contributed by atoms with Gasteiger partial charge in [0, 0.05) is 65.1 Å². The second-order valence-corrected chi connectivity index (χ2v) is 14.2. The van der Waals surface area contributed by atoms with Gasteiger partial charge in [0.2, 0.25) is 0 Å². The molecule has 0 atom stereocenters. The third-order valence-electron chi connectivity index (χ3n) is 10.3. The zero-order valence-electron chi connectivity index (χ0n) is 27.3. The van der Waals surface area contributed by atoms with Gasteiger partial charge in [0.1, 0.15) is 0 Å². The van der Waals surface area contributed by atoms with Gasteiger partial charge in [0.25, 0.3) is 0 Å². The zero-order valence-corrected chi connectivity index (χ0v) is 28.2. The maximum absolute atomic E-state index is 5.33. The fourth-order valence-electron chi connectivity index (χ4n) is 8.06. The van der Waals surface area contributed by atoms with Crippen LogP contribution in [0, 0.1) is 0 Å². The summed E-state index contributed by atoms with van der Waals surface area (Å²) in [6.45, 7) is 0. The molecule has 11 rings (SSSR count). The lowest BCUT2D eigenvalue weighted by molar-refractivity contribution is 1.37. The molecule has 0 radical (unpaired) electrons. The number of hydrogen-bond donors (Lipinski definition) is 0. The van der Waals surface area contributed by atoms with E-state index >= 15 is 0 Å². The molecule has 0 aliphatic carbocycles. The smallest absolute Gasteiger partial charge is 0.0970 e. The van der Waals surface area contributed by atoms with E-state index in [1.807, 2.05) is 35.9 Å². The molecule has 0 unspecified atom stereocenters. The number of rotatable bonds is 3. The first-order valence-corrected chi connectivity index (χ1v) is 18.0. The molecule has 4 aromatic heterocycles. The highest BCUT2D eigenvalue weighted by atomic mass is 32.1. The number of thiophene rings is 1. The van der Waals surface area contributed by atoms with Crippen LogP contribution in [0.15, 0.2) is 164 Å². The maximum Gasteiger partial charge on any atom is 0.0970 e. The highest BCUT2D eigenvalue weighted by Crippen LogP contribution is 2.44. The topological polar surface area (TPSA) is 38.7 Å². The van der Waals surface area contributed by atoms with Crippen molar-refractivity contribution >= 4 is 85.8 Å². The molecule has 0 spiro atoms. The Hall–Kier alpha value is -6.49. The largest absolute Gasteiger partial charge is 0.254 e. The second kappa shape index (κ2) is 11.0. The van der Waals surface area contributed by atoms with Crippen LogP contribution in [0.5, 0.6) is 0 Å². The van der Waals surface area contributed by atoms with Gasteiger partial charge in [-0.25, -0.2) is 4.98 Å². The van der Waals surface area contributed by atoms with E-state index in [4.69, 9.17) is 9.97 Å². The standard InChI is InChI=1S/C47H27N3S/c1-2-14-33-32(13-1)31(20-21-34(33)40-27-30-12-8-24-48-45(30)46-36(40)17-9-25-49-46)28-10-7-11-29(26-28)44-39-23-22-37-35-15-4-6-19-42(35)51-47(37)43(39)38-16-3-5-18-41(38)50-44/h1-27H. The van der Waals surface area contributed by atoms with Gasteiger partial charge in [0.05, 0.1) is 22.2 Å². The molecule has 51 heavy (non-hydrogen) atoms. The highest BCUT2D eigenvalue weighted by Gasteiger charge is 2.18. The number of hydrogen-bond acceptors (Lipinski definition) is 4. The molecule has 7 aromatic carbocycles. The fraction of sp³-hybridized carbons (Fsp3) is 0. The van der Waals surface area contributed by atoms with Gasteiger partial charge >= 0.3 is 0 Å². The van der Waals surface area contributed by atoms with E-state index in [9.17, 15) is 0 Å². The van der Waals surface area contributed by atoms with Crippen molar-refractivity contribution < 1.29 is 0 Å². The predicted octanol–water partition coefficient (Wildman–Crippen LogP) is 13.0. The van der Waals surface area contributed by atoms with E-state index in [1.54, 1.807) is 0 Å². The molecular formula is C47H27N3S. The van der Waals surface area contributed by atoms with E-state index in [-0.39, 0.29) is 0 Å². The van der Waals surface area contributed by atoms with E-state index in [1.165, 1.54) is 58.2 Å². The summed E-state index contributed by atoms with van der Waals surface area (Å²) in [4.78, 5) is 14.8. The molecule has 0 aliphatic rings. The van der Waals surface area contributed by atoms with Crippen LogP contribution in [0.4, 0.5) is 0 Å². The summed E-state index contributed by atoms with van der Waals surface area (Å²) in [6, 6.07) is 54.6. The molecule has 0 aliphatic heterocycles. The van der Waals surface area contributed by atoms with E-state index in [0.29, 0.717) is 0 Å². The summed E-state index contributed by atoms with van der Waals surface area (Å²) >= 11 is 1.88. The lowest BCUT2D eigenvalue weighted by Gasteiger charge is -2.16. The zero-order chi connectivity index (χ0) is 33.5. The molecule has 11 aromatic rings. The summed E-state index contributed by atoms with van der Waals surface area (Å²) in [6.07, 6.45) is 3.70. The van der Waals surface area contributed by atoms with Crippen LogP contribution in [0.1, 0.15) is 0 Å². The quantitative estimate of drug-likeness (QED) is 0.176. The molecule has 236 valence electrons. The van der Waals surface area contributed by atoms with Crippen LogP contribution in [0.25, 0.3) is 108 Å². The van der Waals surface area contributed by atoms with Crippen molar-refractivity contribution in [1.82, 2.24) is 15.0 Å². The number of para-hydroxylation sites is 1. The third-order valence-corrected chi connectivity index (χ3v) is 11.5. The molecule has 4 heterocycles. The lowest BCUT2D eigenvalue weighted by Crippen LogP contribution is -1.92. The summed E-state index contributed by atoms with van der Waals surface area (Å²) in [5.74, 6) is 0. The highest BCUT2D eigenvalue weighted by molar-refractivity contribution is 7.26. The summed E-state index contributed by atoms with van der Waals surface area (Å²) in [5, 5.41) is 10.9. The normalized spacial score (nSPS) is 11.9. The van der Waals surface area contributed by atoms with Crippen molar-refractivity contribution in [3.8, 4) is 33.5 Å². The van der Waals surface area contributed by atoms with Crippen molar-refractivity contribution in [2.45, 2.75) is 0 Å². The first-order chi connectivity index (χ1) is 25.3. The van der Waals surface area contributed by atoms with Crippen LogP contribution < -0.4 is 0 Å². The van der Waals surface area contributed by atoms with Crippen LogP contribution in [0.2, 0.25) is 0 Å². The molecule has 0 N–H and O–H groups in total. The summed E-state index contributed by atoms with van der Waals surface area (Å²) < 4.78 is 2.63. The number of aromatic nitrogens is 3. The minimum absolute atomic E-state index is 0.925. The minimum atomic E-state index is 0.925. The van der Waals surface area contributed by atoms with Gasteiger partial charge in [-0.05, 0) is 69.4 Å². The first-order valence-electron chi connectivity index (χ1n) is 17.2. The molecule has 0 amide bonds. The number of nitrogens with zero attached hydrogens (tertiary/aromatic N) is 3. The second-order valence-electron chi connectivity index (χ2n) is 13.1. The fourth-order valence-corrected chi connectivity index (χ4v) is 9.32. The Balaban J connectivity index is 1.13. The Kier molecular flexibility index (Phi) is 6.12. The van der Waals surface area contributed by atoms with Crippen molar-refractivity contribution in [2.75, 3.05) is 0 Å². The minimum Gasteiger partial charge on any atom is -0.254 e. The Morgan fingerprint density at radius 3 is 2.00 bits per heavy atom. The Morgan fingerprint density at radius 1 is 0.412 bits per heavy atom. The average Bonchev–Trinajstić information content (AvgIpc) is 3.59. The van der Waals surface area contributed by atoms with Crippen molar-refractivity contribution in [2.24, 2.45) is 0 Å². The lowest BCUT2D eigenvalue weighted by atomic mass is 9.89. The number of fused-ring (bicyclic) bond motifs is 11.